The quantitative estimate of drug-likeness (QED) is 0.432. The van der Waals surface area contributed by atoms with Gasteiger partial charge in [0.1, 0.15) is 17.4 Å². The Kier molecular flexibility index (Phi) is 4.44. The molecule has 0 saturated heterocycles. The van der Waals surface area contributed by atoms with Crippen molar-refractivity contribution in [3.8, 4) is 11.8 Å². The van der Waals surface area contributed by atoms with Crippen LogP contribution in [0.1, 0.15) is 22.8 Å². The Morgan fingerprint density at radius 2 is 1.96 bits per heavy atom. The Labute approximate surface area is 140 Å². The number of hydrogen-bond acceptors (Lipinski definition) is 3. The van der Waals surface area contributed by atoms with Gasteiger partial charge in [-0.2, -0.15) is 5.26 Å². The van der Waals surface area contributed by atoms with Crippen LogP contribution in [0.3, 0.4) is 0 Å². The van der Waals surface area contributed by atoms with E-state index in [1.54, 1.807) is 12.3 Å². The third kappa shape index (κ3) is 2.92. The van der Waals surface area contributed by atoms with Crippen molar-refractivity contribution in [1.29, 1.82) is 5.26 Å². The molecule has 1 heterocycles. The number of nitrogens with zero attached hydrogens (tertiary/aromatic N) is 1. The average Bonchev–Trinajstić information content (AvgIpc) is 3.05. The zero-order valence-electron chi connectivity index (χ0n) is 13.2. The largest absolute Gasteiger partial charge is 0.493 e. The number of carbonyl (C=O) groups is 1. The Morgan fingerprint density at radius 1 is 1.21 bits per heavy atom. The van der Waals surface area contributed by atoms with Crippen molar-refractivity contribution >= 4 is 22.8 Å². The summed E-state index contributed by atoms with van der Waals surface area (Å²) in [5.74, 6) is 0.348. The minimum absolute atomic E-state index is 0.0758. The van der Waals surface area contributed by atoms with Gasteiger partial charge in [0.25, 0.3) is 0 Å². The minimum Gasteiger partial charge on any atom is -0.493 e. The van der Waals surface area contributed by atoms with Crippen LogP contribution in [-0.2, 0) is 0 Å². The molecule has 0 aliphatic rings. The predicted octanol–water partition coefficient (Wildman–Crippen LogP) is 4.36. The molecule has 0 radical (unpaired) electrons. The van der Waals surface area contributed by atoms with Gasteiger partial charge in [-0.15, -0.1) is 0 Å². The van der Waals surface area contributed by atoms with Crippen LogP contribution in [0, 0.1) is 11.3 Å². The Balaban J connectivity index is 2.03. The molecule has 24 heavy (non-hydrogen) atoms. The summed E-state index contributed by atoms with van der Waals surface area (Å²) in [6.45, 7) is 2.41. The molecule has 4 nitrogen and oxygen atoms in total. The van der Waals surface area contributed by atoms with Crippen molar-refractivity contribution < 1.29 is 9.53 Å². The first kappa shape index (κ1) is 15.6. The van der Waals surface area contributed by atoms with Crippen LogP contribution in [0.4, 0.5) is 0 Å². The van der Waals surface area contributed by atoms with E-state index in [1.165, 1.54) is 0 Å². The monoisotopic (exact) mass is 316 g/mol. The number of hydrogen-bond donors (Lipinski definition) is 1. The average molecular weight is 316 g/mol. The van der Waals surface area contributed by atoms with E-state index in [2.05, 4.69) is 4.98 Å². The van der Waals surface area contributed by atoms with E-state index in [-0.39, 0.29) is 11.4 Å². The molecule has 3 rings (SSSR count). The van der Waals surface area contributed by atoms with Gasteiger partial charge in [0, 0.05) is 28.2 Å². The van der Waals surface area contributed by atoms with Crippen LogP contribution in [0.2, 0.25) is 0 Å². The molecule has 3 aromatic rings. The number of nitriles is 1. The van der Waals surface area contributed by atoms with Crippen LogP contribution < -0.4 is 4.74 Å². The fourth-order valence-corrected chi connectivity index (χ4v) is 2.60. The summed E-state index contributed by atoms with van der Waals surface area (Å²) in [5.41, 5.74) is 2.15. The van der Waals surface area contributed by atoms with E-state index in [9.17, 15) is 10.1 Å². The first-order valence-corrected chi connectivity index (χ1v) is 7.69. The van der Waals surface area contributed by atoms with Gasteiger partial charge in [-0.1, -0.05) is 36.4 Å². The number of allylic oxidation sites excluding steroid dienone is 1. The lowest BCUT2D eigenvalue weighted by Crippen LogP contribution is -2.01. The van der Waals surface area contributed by atoms with Gasteiger partial charge in [-0.3, -0.25) is 4.79 Å². The highest BCUT2D eigenvalue weighted by atomic mass is 16.5. The molecule has 118 valence electrons. The van der Waals surface area contributed by atoms with E-state index >= 15 is 0 Å². The molecule has 0 amide bonds. The maximum absolute atomic E-state index is 12.8. The smallest absolute Gasteiger partial charge is 0.205 e. The first-order valence-electron chi connectivity index (χ1n) is 7.69. The molecule has 1 aromatic heterocycles. The second kappa shape index (κ2) is 6.84. The van der Waals surface area contributed by atoms with E-state index in [1.807, 2.05) is 61.5 Å². The topological polar surface area (TPSA) is 65.9 Å². The molecule has 0 fully saturated rings. The van der Waals surface area contributed by atoms with Gasteiger partial charge in [-0.05, 0) is 25.1 Å². The van der Waals surface area contributed by atoms with Gasteiger partial charge in [0.15, 0.2) is 0 Å². The van der Waals surface area contributed by atoms with E-state index in [0.717, 1.165) is 10.9 Å². The number of aromatic amines is 1. The fourth-order valence-electron chi connectivity index (χ4n) is 2.60. The summed E-state index contributed by atoms with van der Waals surface area (Å²) < 4.78 is 5.55. The highest BCUT2D eigenvalue weighted by Crippen LogP contribution is 2.24. The second-order valence-electron chi connectivity index (χ2n) is 5.22. The van der Waals surface area contributed by atoms with Crippen LogP contribution in [0.5, 0.6) is 5.75 Å². The maximum atomic E-state index is 12.8. The first-order chi connectivity index (χ1) is 11.7. The minimum atomic E-state index is -0.304. The van der Waals surface area contributed by atoms with Crippen molar-refractivity contribution in [2.24, 2.45) is 0 Å². The third-order valence-corrected chi connectivity index (χ3v) is 3.72. The number of ether oxygens (including phenoxy) is 1. The van der Waals surface area contributed by atoms with E-state index < -0.39 is 0 Å². The van der Waals surface area contributed by atoms with E-state index in [0.29, 0.717) is 23.5 Å². The number of carbonyl (C=O) groups excluding carboxylic acids is 1. The molecule has 2 aromatic carbocycles. The molecule has 0 atom stereocenters. The summed E-state index contributed by atoms with van der Waals surface area (Å²) in [4.78, 5) is 15.8. The molecule has 0 saturated carbocycles. The number of Topliss-reactive ketones (excluding diaryl/α,β-unsaturated/α-hetero) is 1. The van der Waals surface area contributed by atoms with Crippen molar-refractivity contribution in [3.05, 3.63) is 71.4 Å². The number of aromatic nitrogens is 1. The summed E-state index contributed by atoms with van der Waals surface area (Å²) in [6.07, 6.45) is 3.22. The lowest BCUT2D eigenvalue weighted by molar-refractivity contribution is 0.104. The Bertz CT molecular complexity index is 961. The number of fused-ring (bicyclic) bond motifs is 1. The predicted molar refractivity (Wildman–Crippen MR) is 93.8 cm³/mol. The number of benzene rings is 2. The number of nitrogens with one attached hydrogen (secondary N) is 1. The summed E-state index contributed by atoms with van der Waals surface area (Å²) >= 11 is 0. The number of ketones is 1. The molecule has 0 unspecified atom stereocenters. The molecule has 0 spiro atoms. The zero-order valence-corrected chi connectivity index (χ0v) is 13.2. The molecule has 0 bridgehead atoms. The van der Waals surface area contributed by atoms with Gasteiger partial charge < -0.3 is 9.72 Å². The van der Waals surface area contributed by atoms with Crippen LogP contribution in [0.15, 0.2) is 60.3 Å². The number of H-pyrrole nitrogens is 1. The molecular weight excluding hydrogens is 300 g/mol. The standard InChI is InChI=1S/C20H16N2O2/c1-2-24-19-10-6-3-7-14(19)11-15(12-21)20(23)17-13-22-18-9-5-4-8-16(17)18/h3-11,13,22H,2H2,1H3/b15-11+. The summed E-state index contributed by atoms with van der Waals surface area (Å²) in [5, 5.41) is 10.3. The highest BCUT2D eigenvalue weighted by molar-refractivity contribution is 6.19. The van der Waals surface area contributed by atoms with Gasteiger partial charge >= 0.3 is 0 Å². The van der Waals surface area contributed by atoms with Crippen molar-refractivity contribution in [2.45, 2.75) is 6.92 Å². The fraction of sp³-hybridized carbons (Fsp3) is 0.100. The Hall–Kier alpha value is -3.32. The van der Waals surface area contributed by atoms with E-state index in [4.69, 9.17) is 4.74 Å². The van der Waals surface area contributed by atoms with Gasteiger partial charge in [0.2, 0.25) is 5.78 Å². The lowest BCUT2D eigenvalue weighted by atomic mass is 10.0. The van der Waals surface area contributed by atoms with Crippen molar-refractivity contribution in [1.82, 2.24) is 4.98 Å². The molecular formula is C20H16N2O2. The normalized spacial score (nSPS) is 11.2. The van der Waals surface area contributed by atoms with Crippen LogP contribution in [-0.4, -0.2) is 17.4 Å². The highest BCUT2D eigenvalue weighted by Gasteiger charge is 2.17. The summed E-state index contributed by atoms with van der Waals surface area (Å²) in [7, 11) is 0. The Morgan fingerprint density at radius 3 is 2.75 bits per heavy atom. The van der Waals surface area contributed by atoms with Crippen LogP contribution >= 0.6 is 0 Å². The van der Waals surface area contributed by atoms with Gasteiger partial charge in [-0.25, -0.2) is 0 Å². The lowest BCUT2D eigenvalue weighted by Gasteiger charge is -2.07. The molecule has 0 aliphatic heterocycles. The zero-order chi connectivity index (χ0) is 16.9. The SMILES string of the molecule is CCOc1ccccc1/C=C(\C#N)C(=O)c1c[nH]c2ccccc12. The third-order valence-electron chi connectivity index (χ3n) is 3.72. The van der Waals surface area contributed by atoms with Gasteiger partial charge in [0.05, 0.1) is 6.61 Å². The van der Waals surface area contributed by atoms with Crippen molar-refractivity contribution in [2.75, 3.05) is 6.61 Å². The molecule has 1 N–H and O–H groups in total. The van der Waals surface area contributed by atoms with Crippen LogP contribution in [0.25, 0.3) is 17.0 Å². The maximum Gasteiger partial charge on any atom is 0.205 e. The van der Waals surface area contributed by atoms with Crippen molar-refractivity contribution in [3.63, 3.8) is 0 Å². The second-order valence-corrected chi connectivity index (χ2v) is 5.22. The molecule has 4 heteroatoms. The summed E-state index contributed by atoms with van der Waals surface area (Å²) in [6, 6.07) is 16.9. The molecule has 0 aliphatic carbocycles. The number of para-hydroxylation sites is 2. The number of rotatable bonds is 5.